The van der Waals surface area contributed by atoms with E-state index in [1.165, 1.54) is 11.3 Å². The van der Waals surface area contributed by atoms with Crippen LogP contribution in [-0.4, -0.2) is 25.3 Å². The molecule has 0 atom stereocenters. The van der Waals surface area contributed by atoms with E-state index >= 15 is 0 Å². The number of nitrogens with one attached hydrogen (secondary N) is 1. The minimum atomic E-state index is -0.344. The number of ether oxygens (including phenoxy) is 2. The van der Waals surface area contributed by atoms with E-state index in [1.807, 2.05) is 31.2 Å². The fourth-order valence-corrected chi connectivity index (χ4v) is 4.46. The van der Waals surface area contributed by atoms with E-state index in [-0.39, 0.29) is 11.8 Å². The van der Waals surface area contributed by atoms with Gasteiger partial charge < -0.3 is 14.0 Å². The average molecular weight is 429 g/mol. The molecule has 2 aromatic carbocycles. The summed E-state index contributed by atoms with van der Waals surface area (Å²) in [5, 5.41) is 8.03. The number of amides is 1. The van der Waals surface area contributed by atoms with Crippen molar-refractivity contribution in [3.05, 3.63) is 57.9 Å². The normalized spacial score (nSPS) is 10.9. The first-order valence-electron chi connectivity index (χ1n) is 8.69. The standard InChI is InChI=1S/C21H17ClN2O4S/c1-11-4-6-13-17(8-11)29-20(19(13)22)21(25)23-18-10-14(24-28-18)12-5-7-15(26-2)16(9-12)27-3/h4-10H,1-3H3,(H,23,25). The molecule has 148 valence electrons. The van der Waals surface area contributed by atoms with Gasteiger partial charge in [0.1, 0.15) is 10.6 Å². The average Bonchev–Trinajstić information content (AvgIpc) is 3.31. The summed E-state index contributed by atoms with van der Waals surface area (Å²) in [5.41, 5.74) is 2.43. The summed E-state index contributed by atoms with van der Waals surface area (Å²) in [6.07, 6.45) is 0. The van der Waals surface area contributed by atoms with Gasteiger partial charge in [-0.15, -0.1) is 11.3 Å². The van der Waals surface area contributed by atoms with E-state index in [0.717, 1.165) is 21.2 Å². The van der Waals surface area contributed by atoms with Gasteiger partial charge in [0.05, 0.1) is 19.2 Å². The molecule has 2 aromatic heterocycles. The molecule has 0 spiro atoms. The number of hydrogen-bond donors (Lipinski definition) is 1. The van der Waals surface area contributed by atoms with Crippen LogP contribution in [-0.2, 0) is 0 Å². The summed E-state index contributed by atoms with van der Waals surface area (Å²) >= 11 is 7.75. The number of rotatable bonds is 5. The first kappa shape index (κ1) is 19.3. The Hall–Kier alpha value is -3.03. The van der Waals surface area contributed by atoms with E-state index in [2.05, 4.69) is 10.5 Å². The van der Waals surface area contributed by atoms with Gasteiger partial charge in [-0.3, -0.25) is 10.1 Å². The van der Waals surface area contributed by atoms with Crippen molar-refractivity contribution < 1.29 is 18.8 Å². The Balaban J connectivity index is 1.58. The number of nitrogens with zero attached hydrogens (tertiary/aromatic N) is 1. The van der Waals surface area contributed by atoms with Crippen molar-refractivity contribution in [2.75, 3.05) is 19.5 Å². The minimum absolute atomic E-state index is 0.226. The van der Waals surface area contributed by atoms with Crippen LogP contribution < -0.4 is 14.8 Å². The van der Waals surface area contributed by atoms with Crippen LogP contribution in [0.2, 0.25) is 5.02 Å². The molecular weight excluding hydrogens is 412 g/mol. The molecule has 0 saturated heterocycles. The predicted molar refractivity (Wildman–Crippen MR) is 115 cm³/mol. The van der Waals surface area contributed by atoms with Crippen molar-refractivity contribution in [1.82, 2.24) is 5.16 Å². The third-order valence-corrected chi connectivity index (χ3v) is 6.07. The van der Waals surface area contributed by atoms with Gasteiger partial charge in [0.2, 0.25) is 5.88 Å². The first-order chi connectivity index (χ1) is 14.0. The lowest BCUT2D eigenvalue weighted by Gasteiger charge is -2.07. The van der Waals surface area contributed by atoms with Gasteiger partial charge in [-0.2, -0.15) is 0 Å². The van der Waals surface area contributed by atoms with Crippen LogP contribution in [0.15, 0.2) is 47.0 Å². The highest BCUT2D eigenvalue weighted by Gasteiger charge is 2.19. The fourth-order valence-electron chi connectivity index (χ4n) is 2.95. The molecule has 1 amide bonds. The molecule has 0 saturated carbocycles. The Bertz CT molecular complexity index is 1210. The summed E-state index contributed by atoms with van der Waals surface area (Å²) in [6.45, 7) is 2.00. The first-order valence-corrected chi connectivity index (χ1v) is 9.88. The Morgan fingerprint density at radius 2 is 1.90 bits per heavy atom. The monoisotopic (exact) mass is 428 g/mol. The number of carbonyl (C=O) groups excluding carboxylic acids is 1. The van der Waals surface area contributed by atoms with Crippen molar-refractivity contribution >= 4 is 44.8 Å². The van der Waals surface area contributed by atoms with E-state index < -0.39 is 0 Å². The molecule has 4 aromatic rings. The smallest absolute Gasteiger partial charge is 0.269 e. The Kier molecular flexibility index (Phi) is 5.17. The summed E-state index contributed by atoms with van der Waals surface area (Å²) in [7, 11) is 3.13. The third kappa shape index (κ3) is 3.66. The van der Waals surface area contributed by atoms with Crippen LogP contribution in [0, 0.1) is 6.92 Å². The second kappa shape index (κ2) is 7.77. The van der Waals surface area contributed by atoms with Gasteiger partial charge in [0.25, 0.3) is 5.91 Å². The number of anilines is 1. The van der Waals surface area contributed by atoms with Crippen molar-refractivity contribution in [3.8, 4) is 22.8 Å². The van der Waals surface area contributed by atoms with Crippen LogP contribution in [0.3, 0.4) is 0 Å². The van der Waals surface area contributed by atoms with Crippen LogP contribution in [0.1, 0.15) is 15.2 Å². The third-order valence-electron chi connectivity index (χ3n) is 4.42. The number of thiophene rings is 1. The van der Waals surface area contributed by atoms with Crippen LogP contribution in [0.4, 0.5) is 5.88 Å². The molecule has 0 aliphatic rings. The summed E-state index contributed by atoms with van der Waals surface area (Å²) in [4.78, 5) is 13.1. The summed E-state index contributed by atoms with van der Waals surface area (Å²) in [5.74, 6) is 1.07. The van der Waals surface area contributed by atoms with Gasteiger partial charge in [-0.05, 0) is 36.8 Å². The molecule has 0 aliphatic heterocycles. The van der Waals surface area contributed by atoms with Crippen molar-refractivity contribution in [1.29, 1.82) is 0 Å². The lowest BCUT2D eigenvalue weighted by molar-refractivity contribution is 0.102. The number of aromatic nitrogens is 1. The second-order valence-corrected chi connectivity index (χ2v) is 7.78. The zero-order valence-corrected chi connectivity index (χ0v) is 17.5. The zero-order chi connectivity index (χ0) is 20.5. The molecule has 0 radical (unpaired) electrons. The molecule has 1 N–H and O–H groups in total. The van der Waals surface area contributed by atoms with Crippen molar-refractivity contribution in [2.24, 2.45) is 0 Å². The van der Waals surface area contributed by atoms with Crippen molar-refractivity contribution in [3.63, 3.8) is 0 Å². The Labute approximate surface area is 176 Å². The fraction of sp³-hybridized carbons (Fsp3) is 0.143. The van der Waals surface area contributed by atoms with Gasteiger partial charge in [-0.1, -0.05) is 28.9 Å². The Morgan fingerprint density at radius 1 is 1.10 bits per heavy atom. The molecule has 6 nitrogen and oxygen atoms in total. The van der Waals surface area contributed by atoms with Crippen LogP contribution in [0.5, 0.6) is 11.5 Å². The van der Waals surface area contributed by atoms with Crippen molar-refractivity contribution in [2.45, 2.75) is 6.92 Å². The molecule has 0 fully saturated rings. The number of methoxy groups -OCH3 is 2. The molecule has 8 heteroatoms. The maximum Gasteiger partial charge on any atom is 0.269 e. The molecule has 2 heterocycles. The SMILES string of the molecule is COc1ccc(-c2cc(NC(=O)c3sc4cc(C)ccc4c3Cl)on2)cc1OC. The Morgan fingerprint density at radius 3 is 2.66 bits per heavy atom. The number of aryl methyl sites for hydroxylation is 1. The molecule has 29 heavy (non-hydrogen) atoms. The minimum Gasteiger partial charge on any atom is -0.493 e. The van der Waals surface area contributed by atoms with E-state index in [9.17, 15) is 4.79 Å². The lowest BCUT2D eigenvalue weighted by Crippen LogP contribution is -2.09. The molecular formula is C21H17ClN2O4S. The summed E-state index contributed by atoms with van der Waals surface area (Å²) in [6, 6.07) is 12.9. The maximum absolute atomic E-state index is 12.7. The van der Waals surface area contributed by atoms with Gasteiger partial charge >= 0.3 is 0 Å². The topological polar surface area (TPSA) is 73.6 Å². The lowest BCUT2D eigenvalue weighted by atomic mass is 10.1. The van der Waals surface area contributed by atoms with E-state index in [0.29, 0.717) is 27.1 Å². The highest BCUT2D eigenvalue weighted by molar-refractivity contribution is 7.21. The number of hydrogen-bond acceptors (Lipinski definition) is 6. The quantitative estimate of drug-likeness (QED) is 0.435. The van der Waals surface area contributed by atoms with Crippen LogP contribution >= 0.6 is 22.9 Å². The van der Waals surface area contributed by atoms with Gasteiger partial charge in [0.15, 0.2) is 11.5 Å². The number of halogens is 1. The summed E-state index contributed by atoms with van der Waals surface area (Å²) < 4.78 is 16.8. The molecule has 4 rings (SSSR count). The second-order valence-electron chi connectivity index (χ2n) is 6.35. The van der Waals surface area contributed by atoms with Gasteiger partial charge in [0, 0.05) is 21.7 Å². The number of carbonyl (C=O) groups is 1. The van der Waals surface area contributed by atoms with E-state index in [1.54, 1.807) is 32.4 Å². The highest BCUT2D eigenvalue weighted by atomic mass is 35.5. The maximum atomic E-state index is 12.7. The predicted octanol–water partition coefficient (Wildman–Crippen LogP) is 5.79. The highest BCUT2D eigenvalue weighted by Crippen LogP contribution is 2.37. The van der Waals surface area contributed by atoms with E-state index in [4.69, 9.17) is 25.6 Å². The molecule has 0 unspecified atom stereocenters. The molecule has 0 bridgehead atoms. The van der Waals surface area contributed by atoms with Gasteiger partial charge in [-0.25, -0.2) is 0 Å². The molecule has 0 aliphatic carbocycles. The van der Waals surface area contributed by atoms with Crippen LogP contribution in [0.25, 0.3) is 21.3 Å². The largest absolute Gasteiger partial charge is 0.493 e. The number of fused-ring (bicyclic) bond motifs is 1. The zero-order valence-electron chi connectivity index (χ0n) is 15.9. The number of benzene rings is 2.